The van der Waals surface area contributed by atoms with Gasteiger partial charge in [-0.1, -0.05) is 0 Å². The lowest BCUT2D eigenvalue weighted by Crippen LogP contribution is -2.19. The molecule has 0 spiro atoms. The van der Waals surface area contributed by atoms with Gasteiger partial charge in [0.15, 0.2) is 0 Å². The van der Waals surface area contributed by atoms with Gasteiger partial charge < -0.3 is 14.0 Å². The molecule has 3 aromatic rings. The van der Waals surface area contributed by atoms with Gasteiger partial charge in [0.1, 0.15) is 5.82 Å². The quantitative estimate of drug-likeness (QED) is 0.338. The molecule has 6 nitrogen and oxygen atoms in total. The van der Waals surface area contributed by atoms with Crippen molar-refractivity contribution in [2.45, 2.75) is 39.0 Å². The number of nitrogens with zero attached hydrogens (tertiary/aromatic N) is 3. The van der Waals surface area contributed by atoms with Crippen molar-refractivity contribution in [1.82, 2.24) is 14.5 Å². The summed E-state index contributed by atoms with van der Waals surface area (Å²) >= 11 is 0. The average Bonchev–Trinajstić information content (AvgIpc) is 2.72. The van der Waals surface area contributed by atoms with Gasteiger partial charge in [-0.25, -0.2) is 14.4 Å². The molecule has 0 aliphatic carbocycles. The van der Waals surface area contributed by atoms with Crippen molar-refractivity contribution < 1.29 is 31.4 Å². The number of benzene rings is 1. The molecule has 0 atom stereocenters. The van der Waals surface area contributed by atoms with Crippen LogP contribution in [-0.4, -0.2) is 34.4 Å². The van der Waals surface area contributed by atoms with Crippen molar-refractivity contribution in [3.8, 4) is 17.1 Å². The number of hydrogen-bond donors (Lipinski definition) is 0. The normalized spacial score (nSPS) is 11.6. The number of rotatable bonds is 10. The highest BCUT2D eigenvalue weighted by Crippen LogP contribution is 2.25. The van der Waals surface area contributed by atoms with Crippen molar-refractivity contribution in [2.24, 2.45) is 0 Å². The maximum Gasteiger partial charge on any atom is 0.388 e. The summed E-state index contributed by atoms with van der Waals surface area (Å²) in [5, 5.41) is 0.632. The van der Waals surface area contributed by atoms with Crippen LogP contribution < -0.4 is 10.3 Å². The zero-order valence-corrected chi connectivity index (χ0v) is 16.1. The second-order valence-electron chi connectivity index (χ2n) is 6.54. The summed E-state index contributed by atoms with van der Waals surface area (Å²) in [7, 11) is 0. The van der Waals surface area contributed by atoms with Crippen LogP contribution in [0.3, 0.4) is 0 Å². The minimum Gasteiger partial charge on any atom is -0.415 e. The monoisotopic (exact) mass is 443 g/mol. The van der Waals surface area contributed by atoms with Crippen LogP contribution in [0.4, 0.5) is 22.0 Å². The zero-order chi connectivity index (χ0) is 22.4. The van der Waals surface area contributed by atoms with Gasteiger partial charge in [-0.05, 0) is 42.8 Å². The molecule has 2 heterocycles. The summed E-state index contributed by atoms with van der Waals surface area (Å²) in [6.07, 6.45) is 5.21. The minimum atomic E-state index is -3.05. The second kappa shape index (κ2) is 10.3. The summed E-state index contributed by atoms with van der Waals surface area (Å²) in [4.78, 5) is 20.2. The lowest BCUT2D eigenvalue weighted by molar-refractivity contribution is -0.129. The minimum absolute atomic E-state index is 0.0553. The first-order valence-corrected chi connectivity index (χ1v) is 9.35. The lowest BCUT2D eigenvalue weighted by Gasteiger charge is -2.10. The maximum atomic E-state index is 14.6. The van der Waals surface area contributed by atoms with Crippen LogP contribution in [0.2, 0.25) is 0 Å². The van der Waals surface area contributed by atoms with E-state index in [-0.39, 0.29) is 23.3 Å². The van der Waals surface area contributed by atoms with E-state index in [1.807, 2.05) is 0 Å². The number of pyridine rings is 1. The number of hydrogen-bond acceptors (Lipinski definition) is 5. The Morgan fingerprint density at radius 2 is 1.81 bits per heavy atom. The van der Waals surface area contributed by atoms with Crippen molar-refractivity contribution in [2.75, 3.05) is 6.61 Å². The second-order valence-corrected chi connectivity index (χ2v) is 6.54. The Bertz CT molecular complexity index is 1070. The Morgan fingerprint density at radius 3 is 2.48 bits per heavy atom. The molecule has 0 fully saturated rings. The maximum absolute atomic E-state index is 14.6. The van der Waals surface area contributed by atoms with E-state index in [1.54, 1.807) is 12.3 Å². The van der Waals surface area contributed by atoms with Crippen molar-refractivity contribution in [3.05, 3.63) is 53.0 Å². The van der Waals surface area contributed by atoms with E-state index in [1.165, 1.54) is 10.6 Å². The molecule has 1 aromatic carbocycles. The van der Waals surface area contributed by atoms with E-state index in [4.69, 9.17) is 0 Å². The standard InChI is InChI=1S/C20H18F5N3O3/c21-15-9-13-12(8-14(15)16-10-27-17(11-26-16)31-20(24)25)4-6-28(18(13)29)5-2-1-3-7-30-19(22)23/h4,6,8-11,19-20H,1-3,5,7H2. The predicted molar refractivity (Wildman–Crippen MR) is 102 cm³/mol. The molecule has 0 unspecified atom stereocenters. The Labute approximate surface area is 173 Å². The molecule has 0 amide bonds. The van der Waals surface area contributed by atoms with Crippen LogP contribution >= 0.6 is 0 Å². The molecule has 166 valence electrons. The summed E-state index contributed by atoms with van der Waals surface area (Å²) < 4.78 is 72.6. The van der Waals surface area contributed by atoms with E-state index in [0.717, 1.165) is 18.5 Å². The van der Waals surface area contributed by atoms with Gasteiger partial charge in [0.05, 0.1) is 30.1 Å². The van der Waals surface area contributed by atoms with Gasteiger partial charge in [-0.2, -0.15) is 17.6 Å². The van der Waals surface area contributed by atoms with E-state index >= 15 is 0 Å². The molecule has 0 aliphatic heterocycles. The molecule has 0 saturated carbocycles. The highest BCUT2D eigenvalue weighted by Gasteiger charge is 2.13. The fraction of sp³-hybridized carbons (Fsp3) is 0.350. The fourth-order valence-electron chi connectivity index (χ4n) is 3.02. The van der Waals surface area contributed by atoms with E-state index < -0.39 is 30.5 Å². The number of ether oxygens (including phenoxy) is 2. The van der Waals surface area contributed by atoms with Gasteiger partial charge in [-0.3, -0.25) is 4.79 Å². The summed E-state index contributed by atoms with van der Waals surface area (Å²) in [6, 6.07) is 4.16. The van der Waals surface area contributed by atoms with Gasteiger partial charge >= 0.3 is 13.2 Å². The van der Waals surface area contributed by atoms with E-state index in [0.29, 0.717) is 31.2 Å². The smallest absolute Gasteiger partial charge is 0.388 e. The number of aromatic nitrogens is 3. The fourth-order valence-corrected chi connectivity index (χ4v) is 3.02. The molecule has 0 bridgehead atoms. The molecule has 11 heteroatoms. The molecule has 31 heavy (non-hydrogen) atoms. The number of aryl methyl sites for hydroxylation is 1. The lowest BCUT2D eigenvalue weighted by atomic mass is 10.1. The van der Waals surface area contributed by atoms with Crippen LogP contribution in [0, 0.1) is 5.82 Å². The third-order valence-corrected chi connectivity index (χ3v) is 4.47. The SMILES string of the molecule is O=c1c2cc(F)c(-c3cnc(OC(F)F)cn3)cc2ccn1CCCCCOC(F)F. The van der Waals surface area contributed by atoms with Crippen molar-refractivity contribution >= 4 is 10.8 Å². The van der Waals surface area contributed by atoms with Crippen molar-refractivity contribution in [3.63, 3.8) is 0 Å². The zero-order valence-electron chi connectivity index (χ0n) is 16.1. The summed E-state index contributed by atoms with van der Waals surface area (Å²) in [5.41, 5.74) is -0.241. The van der Waals surface area contributed by atoms with E-state index in [9.17, 15) is 26.7 Å². The Hall–Kier alpha value is -3.08. The Kier molecular flexibility index (Phi) is 7.50. The van der Waals surface area contributed by atoms with Crippen LogP contribution in [-0.2, 0) is 11.3 Å². The molecular formula is C20H18F5N3O3. The molecule has 0 N–H and O–H groups in total. The van der Waals surface area contributed by atoms with Crippen LogP contribution in [0.5, 0.6) is 5.88 Å². The Morgan fingerprint density at radius 1 is 1.00 bits per heavy atom. The van der Waals surface area contributed by atoms with E-state index in [2.05, 4.69) is 19.4 Å². The number of unbranched alkanes of at least 4 members (excludes halogenated alkanes) is 2. The molecule has 0 aliphatic rings. The predicted octanol–water partition coefficient (Wildman–Crippen LogP) is 4.61. The third-order valence-electron chi connectivity index (χ3n) is 4.47. The molecule has 2 aromatic heterocycles. The number of fused-ring (bicyclic) bond motifs is 1. The number of halogens is 5. The highest BCUT2D eigenvalue weighted by molar-refractivity contribution is 5.86. The largest absolute Gasteiger partial charge is 0.415 e. The van der Waals surface area contributed by atoms with Gasteiger partial charge in [-0.15, -0.1) is 0 Å². The van der Waals surface area contributed by atoms with Gasteiger partial charge in [0.25, 0.3) is 5.56 Å². The van der Waals surface area contributed by atoms with Crippen LogP contribution in [0.25, 0.3) is 22.0 Å². The Balaban J connectivity index is 1.74. The molecular weight excluding hydrogens is 425 g/mol. The van der Waals surface area contributed by atoms with Gasteiger partial charge in [0.2, 0.25) is 5.88 Å². The first kappa shape index (κ1) is 22.6. The van der Waals surface area contributed by atoms with Crippen LogP contribution in [0.1, 0.15) is 19.3 Å². The van der Waals surface area contributed by atoms with Crippen molar-refractivity contribution in [1.29, 1.82) is 0 Å². The van der Waals surface area contributed by atoms with Gasteiger partial charge in [0, 0.05) is 18.3 Å². The first-order chi connectivity index (χ1) is 14.8. The first-order valence-electron chi connectivity index (χ1n) is 9.35. The molecule has 0 radical (unpaired) electrons. The topological polar surface area (TPSA) is 66.2 Å². The average molecular weight is 443 g/mol. The molecule has 0 saturated heterocycles. The summed E-state index contributed by atoms with van der Waals surface area (Å²) in [6.45, 7) is -5.55. The highest BCUT2D eigenvalue weighted by atomic mass is 19.3. The molecule has 3 rings (SSSR count). The summed E-state index contributed by atoms with van der Waals surface area (Å²) in [5.74, 6) is -1.12. The number of alkyl halides is 4. The third kappa shape index (κ3) is 5.97. The van der Waals surface area contributed by atoms with Crippen LogP contribution in [0.15, 0.2) is 41.6 Å².